The standard InChI is InChI=1S/C43H70O15/c1-20(45)54-32-22(47)18-53-35(31(32)51)57-26-10-12-43-19-42(43)14-13-39(6)33(41(8)11-9-27(58-41)38(4,5)52)21(46)16-40(39,7)25(42)15-23(34(43)37(26,2)3)55-36-30(50)29(49)28(48)24(17-44)56-36/h21-36,44,46-52H,9-19H2,1-8H3/t21-,22+,23-,24+,25-,26-,27-,28-,29+,30+,31+,32-,33-,34-,35-,36+,39+,40-,41+,42-,43+/m0/s1. The molecule has 332 valence electrons. The van der Waals surface area contributed by atoms with E-state index in [1.54, 1.807) is 13.8 Å². The smallest absolute Gasteiger partial charge is 0.303 e. The molecule has 5 saturated carbocycles. The molecule has 15 nitrogen and oxygen atoms in total. The molecule has 0 unspecified atom stereocenters. The van der Waals surface area contributed by atoms with Gasteiger partial charge in [-0.3, -0.25) is 4.79 Å². The monoisotopic (exact) mass is 826 g/mol. The van der Waals surface area contributed by atoms with Gasteiger partial charge in [0.15, 0.2) is 18.7 Å². The van der Waals surface area contributed by atoms with E-state index in [0.717, 1.165) is 32.1 Å². The maximum Gasteiger partial charge on any atom is 0.303 e. The van der Waals surface area contributed by atoms with Crippen LogP contribution in [0.2, 0.25) is 0 Å². The zero-order chi connectivity index (χ0) is 42.3. The van der Waals surface area contributed by atoms with Crippen LogP contribution in [0.3, 0.4) is 0 Å². The number of aliphatic hydroxyl groups excluding tert-OH is 7. The Labute approximate surface area is 341 Å². The zero-order valence-corrected chi connectivity index (χ0v) is 35.5. The Hall–Kier alpha value is -1.05. The van der Waals surface area contributed by atoms with Crippen molar-refractivity contribution >= 4 is 5.97 Å². The molecule has 0 bridgehead atoms. The van der Waals surface area contributed by atoms with E-state index in [1.807, 2.05) is 0 Å². The summed E-state index contributed by atoms with van der Waals surface area (Å²) in [7, 11) is 0. The van der Waals surface area contributed by atoms with Gasteiger partial charge in [0.1, 0.15) is 36.6 Å². The second kappa shape index (κ2) is 14.2. The molecule has 2 spiro atoms. The van der Waals surface area contributed by atoms with Gasteiger partial charge in [-0.25, -0.2) is 0 Å². The number of carbonyl (C=O) groups excluding carboxylic acids is 1. The summed E-state index contributed by atoms with van der Waals surface area (Å²) in [6.07, 6.45) is -7.63. The number of rotatable bonds is 8. The van der Waals surface area contributed by atoms with Crippen molar-refractivity contribution in [2.24, 2.45) is 44.8 Å². The number of carbonyl (C=O) groups is 1. The van der Waals surface area contributed by atoms with Gasteiger partial charge in [0.25, 0.3) is 0 Å². The molecule has 0 aromatic carbocycles. The van der Waals surface area contributed by atoms with Gasteiger partial charge in [-0.1, -0.05) is 27.7 Å². The minimum atomic E-state index is -1.62. The van der Waals surface area contributed by atoms with E-state index in [2.05, 4.69) is 34.6 Å². The summed E-state index contributed by atoms with van der Waals surface area (Å²) in [5, 5.41) is 87.8. The molecule has 3 heterocycles. The molecule has 0 amide bonds. The summed E-state index contributed by atoms with van der Waals surface area (Å²) in [4.78, 5) is 11.9. The Morgan fingerprint density at radius 3 is 2.14 bits per heavy atom. The van der Waals surface area contributed by atoms with Crippen molar-refractivity contribution in [2.45, 2.75) is 204 Å². The van der Waals surface area contributed by atoms with Crippen LogP contribution in [0.25, 0.3) is 0 Å². The lowest BCUT2D eigenvalue weighted by Gasteiger charge is -2.65. The van der Waals surface area contributed by atoms with Gasteiger partial charge in [0, 0.05) is 12.8 Å². The average Bonchev–Trinajstić information content (AvgIpc) is 3.49. The van der Waals surface area contributed by atoms with E-state index in [1.165, 1.54) is 6.92 Å². The van der Waals surface area contributed by atoms with E-state index < -0.39 is 103 Å². The number of hydrogen-bond donors (Lipinski definition) is 8. The summed E-state index contributed by atoms with van der Waals surface area (Å²) in [6.45, 7) is 15.0. The van der Waals surface area contributed by atoms with Crippen molar-refractivity contribution in [3.8, 4) is 0 Å². The first-order valence-corrected chi connectivity index (χ1v) is 21.8. The fourth-order valence-corrected chi connectivity index (χ4v) is 15.2. The van der Waals surface area contributed by atoms with Crippen LogP contribution in [0.1, 0.15) is 113 Å². The zero-order valence-electron chi connectivity index (χ0n) is 35.5. The van der Waals surface area contributed by atoms with Gasteiger partial charge in [-0.15, -0.1) is 0 Å². The molecule has 8 rings (SSSR count). The van der Waals surface area contributed by atoms with Crippen LogP contribution in [0.5, 0.6) is 0 Å². The number of esters is 1. The summed E-state index contributed by atoms with van der Waals surface area (Å²) in [5.41, 5.74) is -3.30. The minimum Gasteiger partial charge on any atom is -0.457 e. The van der Waals surface area contributed by atoms with Crippen LogP contribution in [0, 0.1) is 44.8 Å². The fourth-order valence-electron chi connectivity index (χ4n) is 15.2. The van der Waals surface area contributed by atoms with E-state index >= 15 is 0 Å². The lowest BCUT2D eigenvalue weighted by Crippen LogP contribution is -2.65. The molecule has 8 N–H and O–H groups in total. The number of hydrogen-bond acceptors (Lipinski definition) is 15. The van der Waals surface area contributed by atoms with Crippen LogP contribution in [0.4, 0.5) is 0 Å². The van der Waals surface area contributed by atoms with Crippen molar-refractivity contribution in [3.05, 3.63) is 0 Å². The van der Waals surface area contributed by atoms with Crippen LogP contribution in [0.15, 0.2) is 0 Å². The summed E-state index contributed by atoms with van der Waals surface area (Å²) < 4.78 is 37.4. The molecule has 0 aromatic heterocycles. The first-order chi connectivity index (χ1) is 26.9. The summed E-state index contributed by atoms with van der Waals surface area (Å²) in [6, 6.07) is 0. The lowest BCUT2D eigenvalue weighted by atomic mass is 9.41. The first-order valence-electron chi connectivity index (χ1n) is 21.8. The quantitative estimate of drug-likeness (QED) is 0.127. The predicted octanol–water partition coefficient (Wildman–Crippen LogP) is 1.29. The van der Waals surface area contributed by atoms with Crippen LogP contribution in [-0.4, -0.2) is 151 Å². The topological polar surface area (TPSA) is 234 Å². The Balaban J connectivity index is 1.14. The van der Waals surface area contributed by atoms with E-state index in [0.29, 0.717) is 25.7 Å². The van der Waals surface area contributed by atoms with E-state index in [-0.39, 0.29) is 52.1 Å². The van der Waals surface area contributed by atoms with Crippen LogP contribution in [-0.2, 0) is 33.2 Å². The third-order valence-corrected chi connectivity index (χ3v) is 17.9. The largest absolute Gasteiger partial charge is 0.457 e. The molecule has 0 radical (unpaired) electrons. The van der Waals surface area contributed by atoms with Crippen LogP contribution < -0.4 is 0 Å². The minimum absolute atomic E-state index is 0.0855. The van der Waals surface area contributed by atoms with Crippen molar-refractivity contribution in [2.75, 3.05) is 13.2 Å². The number of aliphatic hydroxyl groups is 8. The molecule has 8 aliphatic rings. The molecule has 3 saturated heterocycles. The van der Waals surface area contributed by atoms with Gasteiger partial charge >= 0.3 is 5.97 Å². The normalized spacial score (nSPS) is 56.1. The second-order valence-corrected chi connectivity index (χ2v) is 21.6. The Morgan fingerprint density at radius 1 is 0.793 bits per heavy atom. The van der Waals surface area contributed by atoms with Crippen molar-refractivity contribution < 1.29 is 74.1 Å². The maximum atomic E-state index is 12.2. The lowest BCUT2D eigenvalue weighted by molar-refractivity contribution is -0.339. The third kappa shape index (κ3) is 6.17. The molecule has 3 aliphatic heterocycles. The molecule has 58 heavy (non-hydrogen) atoms. The highest BCUT2D eigenvalue weighted by atomic mass is 16.7. The highest BCUT2D eigenvalue weighted by Crippen LogP contribution is 2.89. The van der Waals surface area contributed by atoms with Gasteiger partial charge in [0.2, 0.25) is 0 Å². The Kier molecular flexibility index (Phi) is 10.7. The van der Waals surface area contributed by atoms with Crippen molar-refractivity contribution in [1.82, 2.24) is 0 Å². The maximum absolute atomic E-state index is 12.2. The molecule has 5 aliphatic carbocycles. The molecular weight excluding hydrogens is 756 g/mol. The Bertz CT molecular complexity index is 1570. The van der Waals surface area contributed by atoms with Crippen LogP contribution >= 0.6 is 0 Å². The van der Waals surface area contributed by atoms with Crippen molar-refractivity contribution in [3.63, 3.8) is 0 Å². The number of fused-ring (bicyclic) bond motifs is 2. The van der Waals surface area contributed by atoms with E-state index in [9.17, 15) is 45.6 Å². The molecule has 8 fully saturated rings. The van der Waals surface area contributed by atoms with Gasteiger partial charge in [0.05, 0.1) is 48.8 Å². The summed E-state index contributed by atoms with van der Waals surface area (Å²) in [5.74, 6) is -0.920. The summed E-state index contributed by atoms with van der Waals surface area (Å²) >= 11 is 0. The first kappa shape index (κ1) is 43.6. The third-order valence-electron chi connectivity index (χ3n) is 17.9. The molecule has 15 heteroatoms. The average molecular weight is 827 g/mol. The molecule has 0 aromatic rings. The second-order valence-electron chi connectivity index (χ2n) is 21.6. The highest BCUT2D eigenvalue weighted by Gasteiger charge is 2.85. The van der Waals surface area contributed by atoms with Crippen molar-refractivity contribution in [1.29, 1.82) is 0 Å². The Morgan fingerprint density at radius 2 is 1.50 bits per heavy atom. The highest BCUT2D eigenvalue weighted by molar-refractivity contribution is 5.66. The fraction of sp³-hybridized carbons (Fsp3) is 0.977. The SMILES string of the molecule is CC(=O)O[C@@H]1[C@@H](O)[C@H](O[C@H]2CC[C@]34C[C@]35CC[C@]3(C)[C@@H]([C@@]6(C)CC[C@@H](C(C)(C)O)O6)[C@@H](O)C[C@@]3(C)[C@@H]5C[C@H](O[C@@H]3O[C@H](CO)[C@H](O)[C@@H](O)[C@H]3O)[C@H]4C2(C)C)OC[C@H]1O. The van der Waals surface area contributed by atoms with Gasteiger partial charge in [-0.05, 0) is 117 Å². The number of ether oxygens (including phenoxy) is 6. The van der Waals surface area contributed by atoms with Gasteiger partial charge in [-0.2, -0.15) is 0 Å². The molecular formula is C43H70O15. The van der Waals surface area contributed by atoms with E-state index in [4.69, 9.17) is 28.4 Å². The molecule has 21 atom stereocenters. The van der Waals surface area contributed by atoms with Gasteiger partial charge < -0.3 is 69.3 Å². The predicted molar refractivity (Wildman–Crippen MR) is 203 cm³/mol.